The third-order valence-electron chi connectivity index (χ3n) is 3.10. The summed E-state index contributed by atoms with van der Waals surface area (Å²) in [6, 6.07) is 4.10. The van der Waals surface area contributed by atoms with Crippen LogP contribution >= 0.6 is 0 Å². The molecule has 1 N–H and O–H groups in total. The van der Waals surface area contributed by atoms with Crippen LogP contribution in [-0.4, -0.2) is 45.2 Å². The van der Waals surface area contributed by atoms with Crippen LogP contribution in [0.2, 0.25) is 0 Å². The molecule has 18 heavy (non-hydrogen) atoms. The fourth-order valence-corrected chi connectivity index (χ4v) is 3.17. The molecule has 100 valence electrons. The molecule has 0 bridgehead atoms. The second-order valence-electron chi connectivity index (χ2n) is 4.56. The van der Waals surface area contributed by atoms with Gasteiger partial charge in [0.15, 0.2) is 0 Å². The zero-order chi connectivity index (χ0) is 12.8. The molecule has 0 unspecified atom stereocenters. The largest absolute Gasteiger partial charge is 0.370 e. The zero-order valence-corrected chi connectivity index (χ0v) is 11.7. The fraction of sp³-hybridized carbons (Fsp3) is 0.615. The van der Waals surface area contributed by atoms with Crippen LogP contribution in [0.5, 0.6) is 0 Å². The SMILES string of the molecule is CCCNc1ncccc1CN1CCS(=O)CC1. The summed E-state index contributed by atoms with van der Waals surface area (Å²) in [5.74, 6) is 2.60. The zero-order valence-electron chi connectivity index (χ0n) is 10.9. The fourth-order valence-electron chi connectivity index (χ4n) is 2.04. The van der Waals surface area contributed by atoms with Crippen LogP contribution in [0.4, 0.5) is 5.82 Å². The first-order valence-corrected chi connectivity index (χ1v) is 8.03. The van der Waals surface area contributed by atoms with Crippen LogP contribution in [0.3, 0.4) is 0 Å². The maximum Gasteiger partial charge on any atom is 0.130 e. The van der Waals surface area contributed by atoms with Crippen LogP contribution in [-0.2, 0) is 17.3 Å². The summed E-state index contributed by atoms with van der Waals surface area (Å²) in [7, 11) is -0.602. The van der Waals surface area contributed by atoms with Gasteiger partial charge in [0, 0.05) is 60.2 Å². The van der Waals surface area contributed by atoms with Crippen LogP contribution in [0.25, 0.3) is 0 Å². The van der Waals surface area contributed by atoms with Crippen LogP contribution in [0.1, 0.15) is 18.9 Å². The number of aromatic nitrogens is 1. The van der Waals surface area contributed by atoms with Crippen LogP contribution in [0.15, 0.2) is 18.3 Å². The Morgan fingerprint density at radius 3 is 2.94 bits per heavy atom. The summed E-state index contributed by atoms with van der Waals surface area (Å²) >= 11 is 0. The van der Waals surface area contributed by atoms with Crippen molar-refractivity contribution < 1.29 is 4.21 Å². The van der Waals surface area contributed by atoms with Crippen molar-refractivity contribution in [2.45, 2.75) is 19.9 Å². The van der Waals surface area contributed by atoms with E-state index in [2.05, 4.69) is 28.2 Å². The lowest BCUT2D eigenvalue weighted by Crippen LogP contribution is -2.37. The van der Waals surface area contributed by atoms with Crippen molar-refractivity contribution in [3.05, 3.63) is 23.9 Å². The van der Waals surface area contributed by atoms with Crippen molar-refractivity contribution >= 4 is 16.6 Å². The number of anilines is 1. The van der Waals surface area contributed by atoms with Crippen molar-refractivity contribution in [3.63, 3.8) is 0 Å². The topological polar surface area (TPSA) is 45.2 Å². The Hall–Kier alpha value is -0.940. The lowest BCUT2D eigenvalue weighted by atomic mass is 10.2. The van der Waals surface area contributed by atoms with Gasteiger partial charge in [-0.05, 0) is 12.5 Å². The first-order chi connectivity index (χ1) is 8.79. The van der Waals surface area contributed by atoms with Crippen LogP contribution < -0.4 is 5.32 Å². The predicted molar refractivity (Wildman–Crippen MR) is 76.2 cm³/mol. The standard InChI is InChI=1S/C13H21N3OS/c1-2-5-14-13-12(4-3-6-15-13)11-16-7-9-18(17)10-8-16/h3-4,6H,2,5,7-11H2,1H3,(H,14,15). The quantitative estimate of drug-likeness (QED) is 0.877. The number of nitrogens with zero attached hydrogens (tertiary/aromatic N) is 2. The highest BCUT2D eigenvalue weighted by atomic mass is 32.2. The Morgan fingerprint density at radius 1 is 1.44 bits per heavy atom. The van der Waals surface area contributed by atoms with Gasteiger partial charge in [-0.15, -0.1) is 0 Å². The van der Waals surface area contributed by atoms with Gasteiger partial charge in [0.25, 0.3) is 0 Å². The second kappa shape index (κ2) is 6.85. The third-order valence-corrected chi connectivity index (χ3v) is 4.37. The van der Waals surface area contributed by atoms with Gasteiger partial charge >= 0.3 is 0 Å². The summed E-state index contributed by atoms with van der Waals surface area (Å²) in [6.45, 7) is 5.85. The van der Waals surface area contributed by atoms with E-state index in [1.54, 1.807) is 0 Å². The summed E-state index contributed by atoms with van der Waals surface area (Å²) in [5.41, 5.74) is 1.23. The first kappa shape index (κ1) is 13.5. The molecule has 1 fully saturated rings. The third kappa shape index (κ3) is 3.78. The molecule has 4 nitrogen and oxygen atoms in total. The van der Waals surface area contributed by atoms with E-state index in [0.29, 0.717) is 0 Å². The van der Waals surface area contributed by atoms with Gasteiger partial charge in [0.1, 0.15) is 5.82 Å². The number of hydrogen-bond donors (Lipinski definition) is 1. The molecule has 1 aliphatic heterocycles. The average molecular weight is 267 g/mol. The van der Waals surface area contributed by atoms with Gasteiger partial charge in [-0.3, -0.25) is 9.11 Å². The van der Waals surface area contributed by atoms with E-state index < -0.39 is 10.8 Å². The predicted octanol–water partition coefficient (Wildman–Crippen LogP) is 1.47. The number of pyridine rings is 1. The number of rotatable bonds is 5. The molecular weight excluding hydrogens is 246 g/mol. The van der Waals surface area contributed by atoms with E-state index >= 15 is 0 Å². The van der Waals surface area contributed by atoms with Crippen molar-refractivity contribution in [2.75, 3.05) is 36.5 Å². The van der Waals surface area contributed by atoms with Crippen LogP contribution in [0, 0.1) is 0 Å². The van der Waals surface area contributed by atoms with Crippen molar-refractivity contribution in [3.8, 4) is 0 Å². The molecule has 0 amide bonds. The van der Waals surface area contributed by atoms with Gasteiger partial charge in [-0.1, -0.05) is 13.0 Å². The molecule has 0 aliphatic carbocycles. The number of hydrogen-bond acceptors (Lipinski definition) is 4. The maximum absolute atomic E-state index is 11.3. The van der Waals surface area contributed by atoms with Crippen molar-refractivity contribution in [1.82, 2.24) is 9.88 Å². The Balaban J connectivity index is 1.97. The Morgan fingerprint density at radius 2 is 2.22 bits per heavy atom. The van der Waals surface area contributed by atoms with E-state index in [1.165, 1.54) is 5.56 Å². The molecule has 1 saturated heterocycles. The Kier molecular flexibility index (Phi) is 5.13. The highest BCUT2D eigenvalue weighted by Gasteiger charge is 2.16. The average Bonchev–Trinajstić information content (AvgIpc) is 2.40. The van der Waals surface area contributed by atoms with E-state index in [9.17, 15) is 4.21 Å². The summed E-state index contributed by atoms with van der Waals surface area (Å²) in [5, 5.41) is 3.36. The minimum Gasteiger partial charge on any atom is -0.370 e. The van der Waals surface area contributed by atoms with E-state index in [4.69, 9.17) is 0 Å². The highest BCUT2D eigenvalue weighted by molar-refractivity contribution is 7.85. The highest BCUT2D eigenvalue weighted by Crippen LogP contribution is 2.15. The smallest absolute Gasteiger partial charge is 0.130 e. The van der Waals surface area contributed by atoms with Gasteiger partial charge < -0.3 is 5.32 Å². The van der Waals surface area contributed by atoms with E-state index in [1.807, 2.05) is 12.3 Å². The molecule has 1 aromatic rings. The lowest BCUT2D eigenvalue weighted by molar-refractivity contribution is 0.291. The van der Waals surface area contributed by atoms with E-state index in [0.717, 1.165) is 49.9 Å². The molecule has 0 radical (unpaired) electrons. The normalized spacial score (nSPS) is 17.8. The maximum atomic E-state index is 11.3. The lowest BCUT2D eigenvalue weighted by Gasteiger charge is -2.26. The summed E-state index contributed by atoms with van der Waals surface area (Å²) in [4.78, 5) is 6.76. The molecular formula is C13H21N3OS. The minimum atomic E-state index is -0.602. The summed E-state index contributed by atoms with van der Waals surface area (Å²) in [6.07, 6.45) is 2.92. The monoisotopic (exact) mass is 267 g/mol. The molecule has 1 aliphatic rings. The van der Waals surface area contributed by atoms with Crippen molar-refractivity contribution in [2.24, 2.45) is 0 Å². The molecule has 5 heteroatoms. The van der Waals surface area contributed by atoms with Gasteiger partial charge in [0.05, 0.1) is 0 Å². The molecule has 1 aromatic heterocycles. The first-order valence-electron chi connectivity index (χ1n) is 6.54. The minimum absolute atomic E-state index is 0.602. The Labute approximate surface area is 111 Å². The molecule has 2 heterocycles. The molecule has 0 atom stereocenters. The van der Waals surface area contributed by atoms with E-state index in [-0.39, 0.29) is 0 Å². The molecule has 2 rings (SSSR count). The second-order valence-corrected chi connectivity index (χ2v) is 6.26. The molecule has 0 saturated carbocycles. The van der Waals surface area contributed by atoms with Gasteiger partial charge in [0.2, 0.25) is 0 Å². The van der Waals surface area contributed by atoms with Crippen molar-refractivity contribution in [1.29, 1.82) is 0 Å². The van der Waals surface area contributed by atoms with Gasteiger partial charge in [-0.2, -0.15) is 0 Å². The Bertz CT molecular complexity index is 401. The summed E-state index contributed by atoms with van der Waals surface area (Å²) < 4.78 is 11.3. The number of nitrogens with one attached hydrogen (secondary N) is 1. The molecule has 0 aromatic carbocycles. The van der Waals surface area contributed by atoms with Gasteiger partial charge in [-0.25, -0.2) is 4.98 Å². The molecule has 0 spiro atoms.